The smallest absolute Gasteiger partial charge is 0.333 e. The van der Waals surface area contributed by atoms with E-state index in [2.05, 4.69) is 4.98 Å². The van der Waals surface area contributed by atoms with Crippen LogP contribution in [0.25, 0.3) is 11.2 Å². The molecule has 0 aliphatic rings. The average molecular weight is 465 g/mol. The predicted molar refractivity (Wildman–Crippen MR) is 125 cm³/mol. The van der Waals surface area contributed by atoms with Gasteiger partial charge in [0.05, 0.1) is 25.2 Å². The van der Waals surface area contributed by atoms with Crippen molar-refractivity contribution in [3.63, 3.8) is 0 Å². The third-order valence-electron chi connectivity index (χ3n) is 5.58. The van der Waals surface area contributed by atoms with Gasteiger partial charge in [0.15, 0.2) is 11.2 Å². The minimum Gasteiger partial charge on any atom is -0.383 e. The molecule has 1 amide bonds. The van der Waals surface area contributed by atoms with Gasteiger partial charge in [-0.2, -0.15) is 0 Å². The number of likely N-dealkylation sites (N-methyl/N-ethyl adjacent to an activating group) is 1. The molecule has 4 rings (SSSR count). The number of aromatic nitrogens is 4. The van der Waals surface area contributed by atoms with E-state index in [4.69, 9.17) is 4.74 Å². The van der Waals surface area contributed by atoms with E-state index in [0.29, 0.717) is 13.2 Å². The molecule has 0 N–H and O–H groups in total. The van der Waals surface area contributed by atoms with Crippen LogP contribution in [-0.4, -0.2) is 45.4 Å². The van der Waals surface area contributed by atoms with Crippen molar-refractivity contribution in [3.8, 4) is 0 Å². The van der Waals surface area contributed by atoms with Crippen LogP contribution in [0.15, 0.2) is 70.5 Å². The van der Waals surface area contributed by atoms with Crippen molar-refractivity contribution in [3.05, 3.63) is 93.1 Å². The van der Waals surface area contributed by atoms with Crippen molar-refractivity contribution in [2.24, 2.45) is 0 Å². The number of carbonyl (C=O) groups is 1. The van der Waals surface area contributed by atoms with Gasteiger partial charge in [-0.25, -0.2) is 18.7 Å². The molecule has 0 saturated carbocycles. The van der Waals surface area contributed by atoms with Gasteiger partial charge < -0.3 is 14.2 Å². The lowest BCUT2D eigenvalue weighted by Gasteiger charge is -2.19. The Balaban J connectivity index is 1.82. The molecular weight excluding hydrogens is 441 g/mol. The first kappa shape index (κ1) is 23.1. The van der Waals surface area contributed by atoms with Crippen LogP contribution in [0, 0.1) is 5.82 Å². The summed E-state index contributed by atoms with van der Waals surface area (Å²) in [4.78, 5) is 45.2. The molecule has 0 saturated heterocycles. The Morgan fingerprint density at radius 3 is 2.47 bits per heavy atom. The lowest BCUT2D eigenvalue weighted by Crippen LogP contribution is -2.45. The number of hydrogen-bond donors (Lipinski definition) is 0. The molecule has 176 valence electrons. The molecule has 0 aliphatic heterocycles. The van der Waals surface area contributed by atoms with E-state index >= 15 is 0 Å². The molecule has 2 heterocycles. The number of halogens is 1. The Labute approximate surface area is 194 Å². The Morgan fingerprint density at radius 2 is 1.76 bits per heavy atom. The Morgan fingerprint density at radius 1 is 1.06 bits per heavy atom. The van der Waals surface area contributed by atoms with Gasteiger partial charge in [0, 0.05) is 20.7 Å². The number of hydrogen-bond acceptors (Lipinski definition) is 5. The summed E-state index contributed by atoms with van der Waals surface area (Å²) in [6.45, 7) is 0.282. The summed E-state index contributed by atoms with van der Waals surface area (Å²) in [6.07, 6.45) is 1.48. The maximum atomic E-state index is 14.2. The van der Waals surface area contributed by atoms with E-state index in [-0.39, 0.29) is 23.4 Å². The molecule has 9 nitrogen and oxygen atoms in total. The summed E-state index contributed by atoms with van der Waals surface area (Å²) in [6, 6.07) is 15.1. The van der Waals surface area contributed by atoms with E-state index in [1.807, 2.05) is 30.3 Å². The summed E-state index contributed by atoms with van der Waals surface area (Å²) < 4.78 is 23.1. The van der Waals surface area contributed by atoms with Crippen LogP contribution < -0.4 is 16.1 Å². The second-order valence-electron chi connectivity index (χ2n) is 7.75. The standard InChI is InChI=1S/C24H24FN5O4/c1-27(19-11-7-6-10-18(19)25)20(31)15-30-23(32)21-22(26-16-28(21)12-13-34-2)29(24(30)33)14-17-8-4-3-5-9-17/h3-11,16H,12-15H2,1-2H3. The summed E-state index contributed by atoms with van der Waals surface area (Å²) in [5, 5.41) is 0. The van der Waals surface area contributed by atoms with Crippen molar-refractivity contribution < 1.29 is 13.9 Å². The lowest BCUT2D eigenvalue weighted by molar-refractivity contribution is -0.119. The van der Waals surface area contributed by atoms with Gasteiger partial charge in [0.2, 0.25) is 5.91 Å². The van der Waals surface area contributed by atoms with Crippen LogP contribution in [0.3, 0.4) is 0 Å². The monoisotopic (exact) mass is 465 g/mol. The maximum Gasteiger partial charge on any atom is 0.333 e. The molecule has 0 fully saturated rings. The van der Waals surface area contributed by atoms with E-state index in [9.17, 15) is 18.8 Å². The van der Waals surface area contributed by atoms with E-state index < -0.39 is 29.5 Å². The Hall–Kier alpha value is -4.05. The van der Waals surface area contributed by atoms with Gasteiger partial charge in [-0.3, -0.25) is 14.2 Å². The number of ether oxygens (including phenoxy) is 1. The molecule has 0 unspecified atom stereocenters. The number of rotatable bonds is 8. The number of fused-ring (bicyclic) bond motifs is 1. The number of benzene rings is 2. The van der Waals surface area contributed by atoms with Crippen molar-refractivity contribution in [1.29, 1.82) is 0 Å². The lowest BCUT2D eigenvalue weighted by atomic mass is 10.2. The minimum atomic E-state index is -0.673. The van der Waals surface area contributed by atoms with Crippen LogP contribution >= 0.6 is 0 Å². The van der Waals surface area contributed by atoms with E-state index in [1.165, 1.54) is 36.1 Å². The zero-order chi connectivity index (χ0) is 24.2. The highest BCUT2D eigenvalue weighted by Crippen LogP contribution is 2.17. The van der Waals surface area contributed by atoms with Gasteiger partial charge in [0.1, 0.15) is 12.4 Å². The number of amides is 1. The van der Waals surface area contributed by atoms with Gasteiger partial charge in [-0.15, -0.1) is 0 Å². The van der Waals surface area contributed by atoms with Gasteiger partial charge in [-0.05, 0) is 17.7 Å². The first-order valence-corrected chi connectivity index (χ1v) is 10.6. The fourth-order valence-corrected chi connectivity index (χ4v) is 3.75. The van der Waals surface area contributed by atoms with Crippen molar-refractivity contribution in [2.45, 2.75) is 19.6 Å². The highest BCUT2D eigenvalue weighted by molar-refractivity contribution is 5.92. The van der Waals surface area contributed by atoms with E-state index in [1.54, 1.807) is 17.7 Å². The summed E-state index contributed by atoms with van der Waals surface area (Å²) in [7, 11) is 2.94. The van der Waals surface area contributed by atoms with E-state index in [0.717, 1.165) is 15.0 Å². The summed E-state index contributed by atoms with van der Waals surface area (Å²) in [5.41, 5.74) is -0.0226. The van der Waals surface area contributed by atoms with Crippen LogP contribution in [-0.2, 0) is 29.2 Å². The molecule has 2 aromatic carbocycles. The number of para-hydroxylation sites is 1. The largest absolute Gasteiger partial charge is 0.383 e. The highest BCUT2D eigenvalue weighted by Gasteiger charge is 2.22. The fraction of sp³-hybridized carbons (Fsp3) is 0.250. The van der Waals surface area contributed by atoms with Crippen molar-refractivity contribution >= 4 is 22.8 Å². The van der Waals surface area contributed by atoms with Gasteiger partial charge >= 0.3 is 5.69 Å². The van der Waals surface area contributed by atoms with Gasteiger partial charge in [0.25, 0.3) is 5.56 Å². The Kier molecular flexibility index (Phi) is 6.69. The zero-order valence-electron chi connectivity index (χ0n) is 18.8. The highest BCUT2D eigenvalue weighted by atomic mass is 19.1. The average Bonchev–Trinajstić information content (AvgIpc) is 3.27. The summed E-state index contributed by atoms with van der Waals surface area (Å²) in [5.74, 6) is -1.20. The van der Waals surface area contributed by atoms with Crippen LogP contribution in [0.5, 0.6) is 0 Å². The first-order chi connectivity index (χ1) is 16.4. The molecule has 0 aliphatic carbocycles. The van der Waals surface area contributed by atoms with Crippen LogP contribution in [0.2, 0.25) is 0 Å². The van der Waals surface area contributed by atoms with Crippen molar-refractivity contribution in [2.75, 3.05) is 25.7 Å². The van der Waals surface area contributed by atoms with Crippen LogP contribution in [0.4, 0.5) is 10.1 Å². The van der Waals surface area contributed by atoms with Gasteiger partial charge in [-0.1, -0.05) is 42.5 Å². The minimum absolute atomic E-state index is 0.0522. The maximum absolute atomic E-state index is 14.2. The summed E-state index contributed by atoms with van der Waals surface area (Å²) >= 11 is 0. The fourth-order valence-electron chi connectivity index (χ4n) is 3.75. The SMILES string of the molecule is COCCn1cnc2c1c(=O)n(CC(=O)N(C)c1ccccc1F)c(=O)n2Cc1ccccc1. The normalized spacial score (nSPS) is 11.1. The number of methoxy groups -OCH3 is 1. The zero-order valence-corrected chi connectivity index (χ0v) is 18.8. The topological polar surface area (TPSA) is 91.4 Å². The quantitative estimate of drug-likeness (QED) is 0.396. The molecule has 2 aromatic heterocycles. The Bertz CT molecular complexity index is 1440. The predicted octanol–water partition coefficient (Wildman–Crippen LogP) is 1.86. The third-order valence-corrected chi connectivity index (χ3v) is 5.58. The molecular formula is C24H24FN5O4. The van der Waals surface area contributed by atoms with Crippen molar-refractivity contribution in [1.82, 2.24) is 18.7 Å². The molecule has 10 heteroatoms. The second-order valence-corrected chi connectivity index (χ2v) is 7.75. The molecule has 0 bridgehead atoms. The number of imidazole rings is 1. The third kappa shape index (κ3) is 4.40. The van der Waals surface area contributed by atoms with Crippen LogP contribution in [0.1, 0.15) is 5.56 Å². The molecule has 0 radical (unpaired) electrons. The molecule has 34 heavy (non-hydrogen) atoms. The molecule has 0 spiro atoms. The number of nitrogens with zero attached hydrogens (tertiary/aromatic N) is 5. The molecule has 4 aromatic rings. The number of carbonyl (C=O) groups excluding carboxylic acids is 1. The molecule has 0 atom stereocenters. The first-order valence-electron chi connectivity index (χ1n) is 10.6. The second kappa shape index (κ2) is 9.84. The number of anilines is 1.